The Morgan fingerprint density at radius 3 is 2.96 bits per heavy atom. The predicted octanol–water partition coefficient (Wildman–Crippen LogP) is 2.06. The summed E-state index contributed by atoms with van der Waals surface area (Å²) in [6, 6.07) is 2.68. The molecule has 1 atom stereocenters. The molecule has 1 fully saturated rings. The first-order valence-corrected chi connectivity index (χ1v) is 8.57. The molecule has 1 aromatic carbocycles. The van der Waals surface area contributed by atoms with Gasteiger partial charge in [0.2, 0.25) is 5.91 Å². The topological polar surface area (TPSA) is 98.7 Å². The minimum atomic E-state index is -0.189. The SMILES string of the molecule is O=C(C1CCOC1)N1CCc2[nH]nc(-c3cc(Cl)c(O)cc3O)c2C1. The number of aromatic amines is 1. The number of nitrogens with zero attached hydrogens (tertiary/aromatic N) is 2. The number of ether oxygens (including phenoxy) is 1. The van der Waals surface area contributed by atoms with Crippen LogP contribution < -0.4 is 0 Å². The van der Waals surface area contributed by atoms with Crippen molar-refractivity contribution in [1.82, 2.24) is 15.1 Å². The summed E-state index contributed by atoms with van der Waals surface area (Å²) in [6.07, 6.45) is 1.43. The highest BCUT2D eigenvalue weighted by molar-refractivity contribution is 6.32. The molecule has 1 saturated heterocycles. The van der Waals surface area contributed by atoms with E-state index >= 15 is 0 Å². The van der Waals surface area contributed by atoms with Crippen LogP contribution in [-0.2, 0) is 22.5 Å². The van der Waals surface area contributed by atoms with E-state index in [-0.39, 0.29) is 28.3 Å². The van der Waals surface area contributed by atoms with Crippen molar-refractivity contribution in [3.63, 3.8) is 0 Å². The summed E-state index contributed by atoms with van der Waals surface area (Å²) < 4.78 is 5.32. The van der Waals surface area contributed by atoms with Crippen LogP contribution in [0.2, 0.25) is 5.02 Å². The van der Waals surface area contributed by atoms with Crippen LogP contribution in [0.15, 0.2) is 12.1 Å². The van der Waals surface area contributed by atoms with Crippen LogP contribution in [0.3, 0.4) is 0 Å². The molecule has 1 unspecified atom stereocenters. The lowest BCUT2D eigenvalue weighted by molar-refractivity contribution is -0.136. The molecule has 0 aliphatic carbocycles. The lowest BCUT2D eigenvalue weighted by Gasteiger charge is -2.29. The highest BCUT2D eigenvalue weighted by Crippen LogP contribution is 2.39. The van der Waals surface area contributed by atoms with Crippen molar-refractivity contribution in [2.45, 2.75) is 19.4 Å². The Morgan fingerprint density at radius 1 is 1.36 bits per heavy atom. The van der Waals surface area contributed by atoms with Gasteiger partial charge in [-0.3, -0.25) is 9.89 Å². The molecular formula is C17H18ClN3O4. The van der Waals surface area contributed by atoms with Gasteiger partial charge in [0.15, 0.2) is 0 Å². The maximum absolute atomic E-state index is 12.7. The zero-order valence-corrected chi connectivity index (χ0v) is 14.2. The van der Waals surface area contributed by atoms with Crippen molar-refractivity contribution in [3.8, 4) is 22.8 Å². The summed E-state index contributed by atoms with van der Waals surface area (Å²) in [5, 5.41) is 27.2. The van der Waals surface area contributed by atoms with E-state index in [0.717, 1.165) is 17.7 Å². The molecule has 3 N–H and O–H groups in total. The molecule has 1 aromatic heterocycles. The van der Waals surface area contributed by atoms with Crippen LogP contribution in [-0.4, -0.2) is 51.0 Å². The second kappa shape index (κ2) is 6.24. The standard InChI is InChI=1S/C17H18ClN3O4/c18-12-5-10(14(22)6-15(12)23)16-11-7-21(3-1-13(11)19-20-16)17(24)9-2-4-25-8-9/h5-6,9,22-23H,1-4,7-8H2,(H,19,20). The Hall–Kier alpha value is -2.25. The van der Waals surface area contributed by atoms with Crippen molar-refractivity contribution < 1.29 is 19.7 Å². The number of aromatic hydroxyl groups is 2. The number of rotatable bonds is 2. The molecule has 1 amide bonds. The van der Waals surface area contributed by atoms with Gasteiger partial charge in [-0.2, -0.15) is 5.10 Å². The third-order valence-corrected chi connectivity index (χ3v) is 5.15. The highest BCUT2D eigenvalue weighted by Gasteiger charge is 2.32. The number of benzene rings is 1. The Kier molecular flexibility index (Phi) is 4.05. The molecule has 25 heavy (non-hydrogen) atoms. The van der Waals surface area contributed by atoms with Crippen molar-refractivity contribution in [2.24, 2.45) is 5.92 Å². The van der Waals surface area contributed by atoms with Crippen LogP contribution in [0, 0.1) is 5.92 Å². The van der Waals surface area contributed by atoms with E-state index < -0.39 is 0 Å². The summed E-state index contributed by atoms with van der Waals surface area (Å²) >= 11 is 5.97. The molecule has 2 aromatic rings. The molecule has 2 aliphatic heterocycles. The second-order valence-electron chi connectivity index (χ2n) is 6.42. The molecule has 132 valence electrons. The van der Waals surface area contributed by atoms with Gasteiger partial charge in [0.05, 0.1) is 17.5 Å². The number of H-pyrrole nitrogens is 1. The van der Waals surface area contributed by atoms with Gasteiger partial charge in [0.1, 0.15) is 17.2 Å². The maximum Gasteiger partial charge on any atom is 0.228 e. The number of nitrogens with one attached hydrogen (secondary N) is 1. The first kappa shape index (κ1) is 16.2. The molecule has 0 bridgehead atoms. The van der Waals surface area contributed by atoms with Gasteiger partial charge in [-0.05, 0) is 12.5 Å². The molecule has 0 radical (unpaired) electrons. The van der Waals surface area contributed by atoms with E-state index in [1.807, 2.05) is 4.90 Å². The fraction of sp³-hybridized carbons (Fsp3) is 0.412. The smallest absolute Gasteiger partial charge is 0.228 e. The fourth-order valence-corrected chi connectivity index (χ4v) is 3.60. The number of phenols is 2. The number of carbonyl (C=O) groups is 1. The van der Waals surface area contributed by atoms with Crippen molar-refractivity contribution >= 4 is 17.5 Å². The molecule has 0 spiro atoms. The van der Waals surface area contributed by atoms with Gasteiger partial charge in [-0.25, -0.2) is 0 Å². The van der Waals surface area contributed by atoms with Crippen LogP contribution in [0.5, 0.6) is 11.5 Å². The monoisotopic (exact) mass is 363 g/mol. The summed E-state index contributed by atoms with van der Waals surface area (Å²) in [4.78, 5) is 14.5. The maximum atomic E-state index is 12.7. The highest BCUT2D eigenvalue weighted by atomic mass is 35.5. The molecule has 0 saturated carbocycles. The van der Waals surface area contributed by atoms with Crippen molar-refractivity contribution in [3.05, 3.63) is 28.4 Å². The summed E-state index contributed by atoms with van der Waals surface area (Å²) in [5.74, 6) is -0.272. The quantitative estimate of drug-likeness (QED) is 0.758. The number of carbonyl (C=O) groups excluding carboxylic acids is 1. The van der Waals surface area contributed by atoms with Gasteiger partial charge in [0.25, 0.3) is 0 Å². The van der Waals surface area contributed by atoms with E-state index in [2.05, 4.69) is 10.2 Å². The van der Waals surface area contributed by atoms with Gasteiger partial charge in [0, 0.05) is 49.0 Å². The average Bonchev–Trinajstić information content (AvgIpc) is 3.26. The Balaban J connectivity index is 1.65. The number of aromatic nitrogens is 2. The van der Waals surface area contributed by atoms with E-state index in [1.54, 1.807) is 0 Å². The molecule has 7 nitrogen and oxygen atoms in total. The number of halogens is 1. The van der Waals surface area contributed by atoms with Crippen molar-refractivity contribution in [1.29, 1.82) is 0 Å². The largest absolute Gasteiger partial charge is 0.507 e. The molecule has 4 rings (SSSR count). The minimum absolute atomic E-state index is 0.0755. The molecule has 3 heterocycles. The second-order valence-corrected chi connectivity index (χ2v) is 6.83. The normalized spacial score (nSPS) is 19.9. The predicted molar refractivity (Wildman–Crippen MR) is 90.4 cm³/mol. The van der Waals surface area contributed by atoms with Crippen LogP contribution in [0.4, 0.5) is 0 Å². The number of hydrogen-bond acceptors (Lipinski definition) is 5. The number of amides is 1. The van der Waals surface area contributed by atoms with E-state index in [1.165, 1.54) is 12.1 Å². The van der Waals surface area contributed by atoms with Gasteiger partial charge in [-0.1, -0.05) is 11.6 Å². The first-order valence-electron chi connectivity index (χ1n) is 8.19. The lowest BCUT2D eigenvalue weighted by atomic mass is 9.98. The fourth-order valence-electron chi connectivity index (χ4n) is 3.43. The van der Waals surface area contributed by atoms with Crippen LogP contribution in [0.1, 0.15) is 17.7 Å². The third kappa shape index (κ3) is 2.83. The van der Waals surface area contributed by atoms with Crippen molar-refractivity contribution in [2.75, 3.05) is 19.8 Å². The minimum Gasteiger partial charge on any atom is -0.507 e. The lowest BCUT2D eigenvalue weighted by Crippen LogP contribution is -2.40. The average molecular weight is 364 g/mol. The van der Waals surface area contributed by atoms with Gasteiger partial charge >= 0.3 is 0 Å². The van der Waals surface area contributed by atoms with Gasteiger partial charge in [-0.15, -0.1) is 0 Å². The Morgan fingerprint density at radius 2 is 2.20 bits per heavy atom. The zero-order chi connectivity index (χ0) is 17.6. The third-order valence-electron chi connectivity index (χ3n) is 4.84. The summed E-state index contributed by atoms with van der Waals surface area (Å²) in [6.45, 7) is 2.17. The van der Waals surface area contributed by atoms with Gasteiger partial charge < -0.3 is 19.8 Å². The number of hydrogen-bond donors (Lipinski definition) is 3. The Bertz CT molecular complexity index is 830. The molecular weight excluding hydrogens is 346 g/mol. The van der Waals surface area contributed by atoms with E-state index in [9.17, 15) is 15.0 Å². The van der Waals surface area contributed by atoms with E-state index in [0.29, 0.717) is 44.0 Å². The summed E-state index contributed by atoms with van der Waals surface area (Å²) in [7, 11) is 0. The zero-order valence-electron chi connectivity index (χ0n) is 13.5. The molecule has 2 aliphatic rings. The number of fused-ring (bicyclic) bond motifs is 1. The van der Waals surface area contributed by atoms with Crippen LogP contribution in [0.25, 0.3) is 11.3 Å². The molecule has 8 heteroatoms. The first-order chi connectivity index (χ1) is 12.0. The van der Waals surface area contributed by atoms with Crippen LogP contribution >= 0.6 is 11.6 Å². The Labute approximate surface area is 149 Å². The summed E-state index contributed by atoms with van der Waals surface area (Å²) in [5.41, 5.74) is 2.80. The van der Waals surface area contributed by atoms with E-state index in [4.69, 9.17) is 16.3 Å². The number of phenolic OH excluding ortho intramolecular Hbond substituents is 2.